The molecule has 0 aliphatic heterocycles. The van der Waals surface area contributed by atoms with Crippen LogP contribution in [-0.2, 0) is 14.4 Å². The Bertz CT molecular complexity index is 239. The first-order chi connectivity index (χ1) is 6.66. The van der Waals surface area contributed by atoms with Gasteiger partial charge >= 0.3 is 0 Å². The first kappa shape index (κ1) is 11.1. The lowest BCUT2D eigenvalue weighted by molar-refractivity contribution is -0.142. The molecule has 0 N–H and O–H groups in total. The van der Waals surface area contributed by atoms with Gasteiger partial charge in [0.05, 0.1) is 0 Å². The van der Waals surface area contributed by atoms with Gasteiger partial charge in [-0.1, -0.05) is 13.3 Å². The van der Waals surface area contributed by atoms with E-state index in [1.807, 2.05) is 6.92 Å². The van der Waals surface area contributed by atoms with E-state index in [0.717, 1.165) is 12.8 Å². The second-order valence-corrected chi connectivity index (χ2v) is 3.79. The molecule has 1 saturated carbocycles. The fourth-order valence-corrected chi connectivity index (χ4v) is 1.76. The summed E-state index contributed by atoms with van der Waals surface area (Å²) in [6, 6.07) is 0. The Balaban J connectivity index is 2.58. The Morgan fingerprint density at radius 3 is 2.36 bits per heavy atom. The molecule has 0 heterocycles. The normalized spacial score (nSPS) is 18.6. The number of rotatable bonds is 4. The van der Waals surface area contributed by atoms with E-state index in [0.29, 0.717) is 25.7 Å². The quantitative estimate of drug-likeness (QED) is 0.643. The van der Waals surface area contributed by atoms with Gasteiger partial charge in [-0.15, -0.1) is 0 Å². The molecule has 1 aliphatic rings. The number of ketones is 3. The Morgan fingerprint density at radius 2 is 1.86 bits per heavy atom. The third-order valence-corrected chi connectivity index (χ3v) is 2.59. The minimum Gasteiger partial charge on any atom is -0.298 e. The first-order valence-corrected chi connectivity index (χ1v) is 5.25. The molecule has 0 bridgehead atoms. The van der Waals surface area contributed by atoms with Gasteiger partial charge in [0.2, 0.25) is 0 Å². The second kappa shape index (κ2) is 5.03. The van der Waals surface area contributed by atoms with Crippen molar-refractivity contribution in [3.63, 3.8) is 0 Å². The molecule has 14 heavy (non-hydrogen) atoms. The van der Waals surface area contributed by atoms with Gasteiger partial charge in [0.15, 0.2) is 17.3 Å². The standard InChI is InChI=1S/C11H16O3/c1-2-3-5-8(12)11-9(13)6-4-7-10(11)14/h11H,2-7H2,1H3. The molecule has 0 radical (unpaired) electrons. The third kappa shape index (κ3) is 2.50. The lowest BCUT2D eigenvalue weighted by Crippen LogP contribution is -2.35. The van der Waals surface area contributed by atoms with Crippen molar-refractivity contribution in [1.29, 1.82) is 0 Å². The van der Waals surface area contributed by atoms with Crippen LogP contribution in [0.25, 0.3) is 0 Å². The molecule has 0 aromatic carbocycles. The van der Waals surface area contributed by atoms with Crippen LogP contribution in [0, 0.1) is 5.92 Å². The zero-order chi connectivity index (χ0) is 10.6. The lowest BCUT2D eigenvalue weighted by Gasteiger charge is -2.17. The molecule has 1 rings (SSSR count). The van der Waals surface area contributed by atoms with Crippen molar-refractivity contribution >= 4 is 17.3 Å². The summed E-state index contributed by atoms with van der Waals surface area (Å²) in [5, 5.41) is 0. The summed E-state index contributed by atoms with van der Waals surface area (Å²) in [7, 11) is 0. The predicted octanol–water partition coefficient (Wildman–Crippen LogP) is 1.68. The summed E-state index contributed by atoms with van der Waals surface area (Å²) >= 11 is 0. The van der Waals surface area contributed by atoms with Crippen LogP contribution < -0.4 is 0 Å². The minimum absolute atomic E-state index is 0.164. The highest BCUT2D eigenvalue weighted by molar-refractivity contribution is 6.20. The van der Waals surface area contributed by atoms with Crippen molar-refractivity contribution in [3.8, 4) is 0 Å². The molecule has 0 amide bonds. The molecule has 0 atom stereocenters. The van der Waals surface area contributed by atoms with Gasteiger partial charge in [-0.2, -0.15) is 0 Å². The molecule has 0 saturated heterocycles. The van der Waals surface area contributed by atoms with Crippen LogP contribution >= 0.6 is 0 Å². The van der Waals surface area contributed by atoms with Crippen LogP contribution in [0.5, 0.6) is 0 Å². The van der Waals surface area contributed by atoms with Crippen molar-refractivity contribution in [1.82, 2.24) is 0 Å². The fraction of sp³-hybridized carbons (Fsp3) is 0.727. The van der Waals surface area contributed by atoms with Gasteiger partial charge in [0.25, 0.3) is 0 Å². The number of unbranched alkanes of at least 4 members (excludes halogenated alkanes) is 1. The van der Waals surface area contributed by atoms with Crippen molar-refractivity contribution in [2.24, 2.45) is 5.92 Å². The molecule has 0 unspecified atom stereocenters. The van der Waals surface area contributed by atoms with Crippen molar-refractivity contribution < 1.29 is 14.4 Å². The zero-order valence-corrected chi connectivity index (χ0v) is 8.54. The molecule has 3 nitrogen and oxygen atoms in total. The van der Waals surface area contributed by atoms with Gasteiger partial charge in [0.1, 0.15) is 5.92 Å². The minimum atomic E-state index is -0.907. The topological polar surface area (TPSA) is 51.2 Å². The maximum Gasteiger partial charge on any atom is 0.150 e. The zero-order valence-electron chi connectivity index (χ0n) is 8.54. The average molecular weight is 196 g/mol. The SMILES string of the molecule is CCCCC(=O)C1C(=O)CCCC1=O. The van der Waals surface area contributed by atoms with Crippen molar-refractivity contribution in [3.05, 3.63) is 0 Å². The Kier molecular flexibility index (Phi) is 3.98. The largest absolute Gasteiger partial charge is 0.298 e. The number of carbonyl (C=O) groups is 3. The van der Waals surface area contributed by atoms with Gasteiger partial charge in [-0.3, -0.25) is 14.4 Å². The van der Waals surface area contributed by atoms with Gasteiger partial charge < -0.3 is 0 Å². The van der Waals surface area contributed by atoms with E-state index in [1.54, 1.807) is 0 Å². The predicted molar refractivity (Wildman–Crippen MR) is 51.9 cm³/mol. The molecule has 0 aromatic rings. The van der Waals surface area contributed by atoms with Crippen LogP contribution in [0.3, 0.4) is 0 Å². The molecule has 0 aromatic heterocycles. The number of Topliss-reactive ketones (excluding diaryl/α,β-unsaturated/α-hetero) is 3. The number of hydrogen-bond donors (Lipinski definition) is 0. The van der Waals surface area contributed by atoms with Crippen LogP contribution in [-0.4, -0.2) is 17.3 Å². The third-order valence-electron chi connectivity index (χ3n) is 2.59. The van der Waals surface area contributed by atoms with E-state index >= 15 is 0 Å². The second-order valence-electron chi connectivity index (χ2n) is 3.79. The Morgan fingerprint density at radius 1 is 1.29 bits per heavy atom. The van der Waals surface area contributed by atoms with E-state index in [4.69, 9.17) is 0 Å². The summed E-state index contributed by atoms with van der Waals surface area (Å²) in [4.78, 5) is 34.3. The number of carbonyl (C=O) groups excluding carboxylic acids is 3. The molecular weight excluding hydrogens is 180 g/mol. The highest BCUT2D eigenvalue weighted by Gasteiger charge is 2.34. The monoisotopic (exact) mass is 196 g/mol. The average Bonchev–Trinajstić information content (AvgIpc) is 2.14. The van der Waals surface area contributed by atoms with E-state index < -0.39 is 5.92 Å². The van der Waals surface area contributed by atoms with E-state index in [2.05, 4.69) is 0 Å². The summed E-state index contributed by atoms with van der Waals surface area (Å²) in [6.07, 6.45) is 3.48. The van der Waals surface area contributed by atoms with E-state index in [1.165, 1.54) is 0 Å². The van der Waals surface area contributed by atoms with Crippen LogP contribution in [0.2, 0.25) is 0 Å². The van der Waals surface area contributed by atoms with Crippen LogP contribution in [0.1, 0.15) is 45.4 Å². The first-order valence-electron chi connectivity index (χ1n) is 5.25. The summed E-state index contributed by atoms with van der Waals surface area (Å²) < 4.78 is 0. The maximum absolute atomic E-state index is 11.5. The van der Waals surface area contributed by atoms with Crippen LogP contribution in [0.15, 0.2) is 0 Å². The molecule has 1 fully saturated rings. The molecule has 3 heteroatoms. The van der Waals surface area contributed by atoms with Gasteiger partial charge in [-0.25, -0.2) is 0 Å². The molecule has 1 aliphatic carbocycles. The number of hydrogen-bond acceptors (Lipinski definition) is 3. The molecular formula is C11H16O3. The molecule has 0 spiro atoms. The highest BCUT2D eigenvalue weighted by Crippen LogP contribution is 2.20. The Hall–Kier alpha value is -0.990. The summed E-state index contributed by atoms with van der Waals surface area (Å²) in [6.45, 7) is 1.98. The van der Waals surface area contributed by atoms with Gasteiger partial charge in [-0.05, 0) is 12.8 Å². The van der Waals surface area contributed by atoms with Gasteiger partial charge in [0, 0.05) is 19.3 Å². The lowest BCUT2D eigenvalue weighted by atomic mass is 9.82. The highest BCUT2D eigenvalue weighted by atomic mass is 16.2. The van der Waals surface area contributed by atoms with Crippen molar-refractivity contribution in [2.45, 2.75) is 45.4 Å². The summed E-state index contributed by atoms with van der Waals surface area (Å²) in [5.74, 6) is -1.40. The fourth-order valence-electron chi connectivity index (χ4n) is 1.76. The summed E-state index contributed by atoms with van der Waals surface area (Å²) in [5.41, 5.74) is 0. The van der Waals surface area contributed by atoms with E-state index in [-0.39, 0.29) is 17.3 Å². The van der Waals surface area contributed by atoms with Crippen molar-refractivity contribution in [2.75, 3.05) is 0 Å². The maximum atomic E-state index is 11.5. The Labute approximate surface area is 83.9 Å². The van der Waals surface area contributed by atoms with Crippen LogP contribution in [0.4, 0.5) is 0 Å². The smallest absolute Gasteiger partial charge is 0.150 e. The molecule has 78 valence electrons. The van der Waals surface area contributed by atoms with E-state index in [9.17, 15) is 14.4 Å².